The fourth-order valence-electron chi connectivity index (χ4n) is 0.941. The Morgan fingerprint density at radius 3 is 2.83 bits per heavy atom. The molecule has 0 spiro atoms. The van der Waals surface area contributed by atoms with Crippen molar-refractivity contribution in [1.82, 2.24) is 14.8 Å². The summed E-state index contributed by atoms with van der Waals surface area (Å²) in [5, 5.41) is 7.81. The third-order valence-corrected chi connectivity index (χ3v) is 3.12. The molecule has 0 aliphatic carbocycles. The van der Waals surface area contributed by atoms with Gasteiger partial charge < -0.3 is 4.57 Å². The lowest BCUT2D eigenvalue weighted by Gasteiger charge is -1.93. The van der Waals surface area contributed by atoms with Gasteiger partial charge in [-0.3, -0.25) is 0 Å². The number of aryl methyl sites for hydroxylation is 1. The highest BCUT2D eigenvalue weighted by molar-refractivity contribution is 9.11. The van der Waals surface area contributed by atoms with Crippen LogP contribution in [0, 0.1) is 0 Å². The van der Waals surface area contributed by atoms with E-state index in [1.54, 1.807) is 17.7 Å². The first kappa shape index (κ1) is 7.94. The van der Waals surface area contributed by atoms with Crippen LogP contribution in [0.2, 0.25) is 0 Å². The van der Waals surface area contributed by atoms with Gasteiger partial charge >= 0.3 is 0 Å². The molecule has 0 atom stereocenters. The van der Waals surface area contributed by atoms with Gasteiger partial charge in [-0.05, 0) is 28.1 Å². The summed E-state index contributed by atoms with van der Waals surface area (Å²) < 4.78 is 3.01. The number of hydrogen-bond acceptors (Lipinski definition) is 3. The Kier molecular flexibility index (Phi) is 1.98. The highest BCUT2D eigenvalue weighted by Crippen LogP contribution is 2.29. The van der Waals surface area contributed by atoms with Crippen LogP contribution in [0.1, 0.15) is 0 Å². The second-order valence-electron chi connectivity index (χ2n) is 2.37. The zero-order valence-electron chi connectivity index (χ0n) is 6.36. The van der Waals surface area contributed by atoms with Crippen molar-refractivity contribution in [2.24, 2.45) is 7.05 Å². The van der Waals surface area contributed by atoms with Crippen LogP contribution < -0.4 is 0 Å². The Bertz CT molecular complexity index is 393. The highest BCUT2D eigenvalue weighted by atomic mass is 79.9. The summed E-state index contributed by atoms with van der Waals surface area (Å²) in [7, 11) is 1.93. The Balaban J connectivity index is 2.50. The Hall–Kier alpha value is -0.680. The molecule has 62 valence electrons. The van der Waals surface area contributed by atoms with E-state index in [9.17, 15) is 0 Å². The van der Waals surface area contributed by atoms with E-state index in [0.717, 1.165) is 14.5 Å². The molecule has 0 fully saturated rings. The molecule has 2 rings (SSSR count). The van der Waals surface area contributed by atoms with Gasteiger partial charge in [0, 0.05) is 7.05 Å². The largest absolute Gasteiger partial charge is 0.316 e. The van der Waals surface area contributed by atoms with E-state index < -0.39 is 0 Å². The summed E-state index contributed by atoms with van der Waals surface area (Å²) in [5.74, 6) is 0.908. The standard InChI is InChI=1S/C7H6BrN3S/c1-11-4-9-10-7(11)5-2-3-6(8)12-5/h2-4H,1H3. The molecule has 12 heavy (non-hydrogen) atoms. The minimum Gasteiger partial charge on any atom is -0.316 e. The number of nitrogens with zero attached hydrogens (tertiary/aromatic N) is 3. The maximum atomic E-state index is 4.00. The molecule has 0 aliphatic rings. The normalized spacial score (nSPS) is 10.5. The van der Waals surface area contributed by atoms with Crippen molar-refractivity contribution in [3.05, 3.63) is 22.2 Å². The summed E-state index contributed by atoms with van der Waals surface area (Å²) in [4.78, 5) is 1.13. The second kappa shape index (κ2) is 2.99. The second-order valence-corrected chi connectivity index (χ2v) is 4.83. The highest BCUT2D eigenvalue weighted by Gasteiger charge is 2.05. The van der Waals surface area contributed by atoms with Gasteiger partial charge in [0.05, 0.1) is 8.66 Å². The average Bonchev–Trinajstić information content (AvgIpc) is 2.58. The molecule has 2 heterocycles. The summed E-state index contributed by atoms with van der Waals surface area (Å²) in [6, 6.07) is 4.04. The van der Waals surface area contributed by atoms with E-state index in [0.29, 0.717) is 0 Å². The van der Waals surface area contributed by atoms with Crippen molar-refractivity contribution in [1.29, 1.82) is 0 Å². The zero-order valence-corrected chi connectivity index (χ0v) is 8.76. The Morgan fingerprint density at radius 2 is 2.33 bits per heavy atom. The van der Waals surface area contributed by atoms with E-state index >= 15 is 0 Å². The minimum atomic E-state index is 0.908. The van der Waals surface area contributed by atoms with Gasteiger partial charge in [-0.15, -0.1) is 21.5 Å². The monoisotopic (exact) mass is 243 g/mol. The zero-order chi connectivity index (χ0) is 8.55. The van der Waals surface area contributed by atoms with E-state index in [-0.39, 0.29) is 0 Å². The van der Waals surface area contributed by atoms with Gasteiger partial charge in [0.2, 0.25) is 0 Å². The smallest absolute Gasteiger partial charge is 0.173 e. The van der Waals surface area contributed by atoms with Gasteiger partial charge in [0.25, 0.3) is 0 Å². The van der Waals surface area contributed by atoms with Gasteiger partial charge in [0.1, 0.15) is 6.33 Å². The first-order valence-corrected chi connectivity index (χ1v) is 4.98. The lowest BCUT2D eigenvalue weighted by atomic mass is 10.4. The molecular weight excluding hydrogens is 238 g/mol. The molecule has 0 N–H and O–H groups in total. The summed E-state index contributed by atoms with van der Waals surface area (Å²) >= 11 is 5.06. The van der Waals surface area contributed by atoms with E-state index in [1.807, 2.05) is 23.7 Å². The van der Waals surface area contributed by atoms with Gasteiger partial charge in [0.15, 0.2) is 5.82 Å². The fraction of sp³-hybridized carbons (Fsp3) is 0.143. The number of halogens is 1. The first-order valence-electron chi connectivity index (χ1n) is 3.37. The molecule has 5 heteroatoms. The van der Waals surface area contributed by atoms with Crippen LogP contribution in [0.3, 0.4) is 0 Å². The molecule has 0 unspecified atom stereocenters. The van der Waals surface area contributed by atoms with Gasteiger partial charge in [-0.1, -0.05) is 0 Å². The van der Waals surface area contributed by atoms with Crippen molar-refractivity contribution in [2.45, 2.75) is 0 Å². The van der Waals surface area contributed by atoms with Crippen LogP contribution in [0.25, 0.3) is 10.7 Å². The molecule has 0 aromatic carbocycles. The Labute approximate surface area is 82.2 Å². The van der Waals surface area contributed by atoms with Crippen LogP contribution in [-0.2, 0) is 7.05 Å². The fourth-order valence-corrected chi connectivity index (χ4v) is 2.35. The maximum absolute atomic E-state index is 4.00. The number of thiophene rings is 1. The average molecular weight is 244 g/mol. The predicted molar refractivity (Wildman–Crippen MR) is 52.0 cm³/mol. The van der Waals surface area contributed by atoms with Crippen molar-refractivity contribution in [3.63, 3.8) is 0 Å². The quantitative estimate of drug-likeness (QED) is 0.770. The molecule has 0 saturated carbocycles. The molecule has 0 saturated heterocycles. The third-order valence-electron chi connectivity index (χ3n) is 1.50. The number of rotatable bonds is 1. The van der Waals surface area contributed by atoms with Crippen molar-refractivity contribution in [2.75, 3.05) is 0 Å². The molecule has 0 radical (unpaired) electrons. The lowest BCUT2D eigenvalue weighted by Crippen LogP contribution is -1.87. The molecular formula is C7H6BrN3S. The van der Waals surface area contributed by atoms with Crippen LogP contribution in [-0.4, -0.2) is 14.8 Å². The molecule has 0 aliphatic heterocycles. The summed E-state index contributed by atoms with van der Waals surface area (Å²) in [6.07, 6.45) is 1.70. The SMILES string of the molecule is Cn1cnnc1-c1ccc(Br)s1. The molecule has 3 nitrogen and oxygen atoms in total. The summed E-state index contributed by atoms with van der Waals surface area (Å²) in [5.41, 5.74) is 0. The number of aromatic nitrogens is 3. The van der Waals surface area contributed by atoms with Crippen molar-refractivity contribution in [3.8, 4) is 10.7 Å². The van der Waals surface area contributed by atoms with E-state index in [4.69, 9.17) is 0 Å². The van der Waals surface area contributed by atoms with Crippen LogP contribution in [0.4, 0.5) is 0 Å². The third kappa shape index (κ3) is 1.30. The molecule has 0 amide bonds. The summed E-state index contributed by atoms with van der Waals surface area (Å²) in [6.45, 7) is 0. The number of hydrogen-bond donors (Lipinski definition) is 0. The van der Waals surface area contributed by atoms with Crippen LogP contribution in [0.5, 0.6) is 0 Å². The first-order chi connectivity index (χ1) is 5.77. The van der Waals surface area contributed by atoms with Gasteiger partial charge in [-0.2, -0.15) is 0 Å². The predicted octanol–water partition coefficient (Wildman–Crippen LogP) is 2.31. The molecule has 2 aromatic rings. The van der Waals surface area contributed by atoms with Crippen molar-refractivity contribution < 1.29 is 0 Å². The maximum Gasteiger partial charge on any atom is 0.173 e. The molecule has 2 aromatic heterocycles. The van der Waals surface area contributed by atoms with Gasteiger partial charge in [-0.25, -0.2) is 0 Å². The van der Waals surface area contributed by atoms with E-state index in [2.05, 4.69) is 26.1 Å². The lowest BCUT2D eigenvalue weighted by molar-refractivity contribution is 0.922. The van der Waals surface area contributed by atoms with Crippen molar-refractivity contribution >= 4 is 27.3 Å². The topological polar surface area (TPSA) is 30.7 Å². The van der Waals surface area contributed by atoms with Crippen LogP contribution in [0.15, 0.2) is 22.2 Å². The van der Waals surface area contributed by atoms with E-state index in [1.165, 1.54) is 0 Å². The minimum absolute atomic E-state index is 0.908. The Morgan fingerprint density at radius 1 is 1.50 bits per heavy atom. The van der Waals surface area contributed by atoms with Crippen LogP contribution >= 0.6 is 27.3 Å². The molecule has 0 bridgehead atoms.